The van der Waals surface area contributed by atoms with E-state index in [4.69, 9.17) is 9.47 Å². The Morgan fingerprint density at radius 1 is 1.25 bits per heavy atom. The molecule has 2 aromatic carbocycles. The minimum atomic E-state index is -0.780. The number of fused-ring (bicyclic) bond motifs is 1. The van der Waals surface area contributed by atoms with Crippen molar-refractivity contribution in [1.29, 1.82) is 0 Å². The molecule has 186 valence electrons. The van der Waals surface area contributed by atoms with E-state index in [0.29, 0.717) is 27.2 Å². The first-order chi connectivity index (χ1) is 17.2. The highest BCUT2D eigenvalue weighted by Gasteiger charge is 2.33. The van der Waals surface area contributed by atoms with Crippen LogP contribution in [0.5, 0.6) is 5.75 Å². The number of ether oxygens (including phenoxy) is 2. The molecule has 0 unspecified atom stereocenters. The molecule has 0 fully saturated rings. The molecule has 36 heavy (non-hydrogen) atoms. The van der Waals surface area contributed by atoms with Gasteiger partial charge in [-0.25, -0.2) is 14.2 Å². The van der Waals surface area contributed by atoms with Crippen molar-refractivity contribution in [2.45, 2.75) is 19.9 Å². The number of nitrogens with zero attached hydrogens (tertiary/aromatic N) is 2. The second-order valence-electron chi connectivity index (χ2n) is 7.77. The van der Waals surface area contributed by atoms with Gasteiger partial charge in [0.1, 0.15) is 18.2 Å². The Bertz CT molecular complexity index is 1530. The highest BCUT2D eigenvalue weighted by atomic mass is 127. The van der Waals surface area contributed by atoms with Gasteiger partial charge in [0.05, 0.1) is 35.6 Å². The number of halogens is 3. The summed E-state index contributed by atoms with van der Waals surface area (Å²) in [4.78, 5) is 31.6. The van der Waals surface area contributed by atoms with Crippen LogP contribution >= 0.6 is 56.5 Å². The number of allylic oxidation sites excluding steroid dienone is 1. The van der Waals surface area contributed by atoms with Crippen LogP contribution in [-0.2, 0) is 9.53 Å². The fraction of sp³-hybridized carbons (Fsp3) is 0.192. The quantitative estimate of drug-likeness (QED) is 0.201. The maximum Gasteiger partial charge on any atom is 0.338 e. The molecule has 0 radical (unpaired) electrons. The molecule has 0 bridgehead atoms. The van der Waals surface area contributed by atoms with Gasteiger partial charge in [0, 0.05) is 0 Å². The lowest BCUT2D eigenvalue weighted by molar-refractivity contribution is -0.139. The lowest BCUT2D eigenvalue weighted by atomic mass is 9.96. The summed E-state index contributed by atoms with van der Waals surface area (Å²) in [5, 5.41) is 0. The second-order valence-corrected chi connectivity index (χ2v) is 11.1. The van der Waals surface area contributed by atoms with Crippen LogP contribution in [0.2, 0.25) is 0 Å². The predicted octanol–water partition coefficient (Wildman–Crippen LogP) is 4.71. The van der Waals surface area contributed by atoms with E-state index in [-0.39, 0.29) is 17.7 Å². The van der Waals surface area contributed by atoms with Gasteiger partial charge >= 0.3 is 5.97 Å². The van der Waals surface area contributed by atoms with Crippen molar-refractivity contribution in [3.63, 3.8) is 0 Å². The SMILES string of the molecule is C=CCOc1c(I)cc(/C=c2\sc3n(c2=O)[C@@H](c2ccc(F)cc2)C(C(=O)OCC)=C(C)N=3)cc1I. The van der Waals surface area contributed by atoms with Gasteiger partial charge in [-0.1, -0.05) is 36.1 Å². The number of carbonyl (C=O) groups excluding carboxylic acids is 1. The Morgan fingerprint density at radius 2 is 1.92 bits per heavy atom. The van der Waals surface area contributed by atoms with Crippen molar-refractivity contribution in [1.82, 2.24) is 4.57 Å². The maximum absolute atomic E-state index is 13.7. The predicted molar refractivity (Wildman–Crippen MR) is 154 cm³/mol. The Hall–Kier alpha value is -2.32. The van der Waals surface area contributed by atoms with E-state index in [1.165, 1.54) is 28.0 Å². The molecule has 0 N–H and O–H groups in total. The number of thiazole rings is 1. The summed E-state index contributed by atoms with van der Waals surface area (Å²) >= 11 is 5.64. The molecule has 4 rings (SSSR count). The zero-order valence-corrected chi connectivity index (χ0v) is 24.5. The molecule has 0 amide bonds. The Morgan fingerprint density at radius 3 is 2.53 bits per heavy atom. The fourth-order valence-electron chi connectivity index (χ4n) is 3.85. The van der Waals surface area contributed by atoms with Crippen molar-refractivity contribution in [3.05, 3.63) is 104 Å². The Kier molecular flexibility index (Phi) is 8.45. The summed E-state index contributed by atoms with van der Waals surface area (Å²) in [6.07, 6.45) is 3.49. The third-order valence-electron chi connectivity index (χ3n) is 5.37. The number of benzene rings is 2. The topological polar surface area (TPSA) is 69.9 Å². The zero-order valence-electron chi connectivity index (χ0n) is 19.4. The van der Waals surface area contributed by atoms with Gasteiger partial charge in [0.2, 0.25) is 0 Å². The lowest BCUT2D eigenvalue weighted by Gasteiger charge is -2.24. The first kappa shape index (κ1) is 26.7. The molecule has 0 spiro atoms. The van der Waals surface area contributed by atoms with Crippen LogP contribution in [0.1, 0.15) is 31.0 Å². The second kappa shape index (κ2) is 11.4. The lowest BCUT2D eigenvalue weighted by Crippen LogP contribution is -2.39. The first-order valence-corrected chi connectivity index (χ1v) is 13.9. The highest BCUT2D eigenvalue weighted by molar-refractivity contribution is 14.1. The average molecular weight is 730 g/mol. The molecule has 3 aromatic rings. The molecule has 0 saturated heterocycles. The molecule has 0 saturated carbocycles. The van der Waals surface area contributed by atoms with Gasteiger partial charge < -0.3 is 9.47 Å². The monoisotopic (exact) mass is 730 g/mol. The number of carbonyl (C=O) groups is 1. The third kappa shape index (κ3) is 5.35. The van der Waals surface area contributed by atoms with Gasteiger partial charge in [0.15, 0.2) is 4.80 Å². The largest absolute Gasteiger partial charge is 0.487 e. The van der Waals surface area contributed by atoms with Crippen molar-refractivity contribution >= 4 is 68.6 Å². The molecule has 1 aliphatic rings. The summed E-state index contributed by atoms with van der Waals surface area (Å²) in [5.41, 5.74) is 1.85. The molecule has 0 aliphatic carbocycles. The summed E-state index contributed by atoms with van der Waals surface area (Å²) in [6.45, 7) is 7.69. The van der Waals surface area contributed by atoms with Gasteiger partial charge in [0.25, 0.3) is 5.56 Å². The Balaban J connectivity index is 1.89. The fourth-order valence-corrected chi connectivity index (χ4v) is 7.02. The zero-order chi connectivity index (χ0) is 26.0. The van der Waals surface area contributed by atoms with Crippen molar-refractivity contribution < 1.29 is 18.7 Å². The Labute approximate surface area is 238 Å². The standard InChI is InChI=1S/C26H21FI2N2O4S/c1-4-10-35-23-18(28)11-15(12-19(23)29)13-20-24(32)31-22(16-6-8-17(27)9-7-16)21(25(33)34-5-2)14(3)30-26(31)36-20/h4,6-9,11-13,22H,1,5,10H2,2-3H3/b20-13-/t22-/m0/s1. The van der Waals surface area contributed by atoms with Gasteiger partial charge in [-0.3, -0.25) is 9.36 Å². The smallest absolute Gasteiger partial charge is 0.338 e. The molecule has 1 aromatic heterocycles. The van der Waals surface area contributed by atoms with Gasteiger partial charge in [-0.2, -0.15) is 0 Å². The number of esters is 1. The van der Waals surface area contributed by atoms with E-state index in [2.05, 4.69) is 56.8 Å². The van der Waals surface area contributed by atoms with Gasteiger partial charge in [-0.15, -0.1) is 0 Å². The van der Waals surface area contributed by atoms with Crippen LogP contribution in [0.4, 0.5) is 4.39 Å². The van der Waals surface area contributed by atoms with Crippen LogP contribution in [-0.4, -0.2) is 23.8 Å². The first-order valence-electron chi connectivity index (χ1n) is 10.9. The maximum atomic E-state index is 13.7. The van der Waals surface area contributed by atoms with Crippen LogP contribution in [0, 0.1) is 13.0 Å². The third-order valence-corrected chi connectivity index (χ3v) is 7.95. The summed E-state index contributed by atoms with van der Waals surface area (Å²) in [6, 6.07) is 8.85. The molecule has 10 heteroatoms. The van der Waals surface area contributed by atoms with Crippen LogP contribution in [0.15, 0.2) is 70.1 Å². The van der Waals surface area contributed by atoms with E-state index in [1.54, 1.807) is 38.1 Å². The van der Waals surface area contributed by atoms with Crippen LogP contribution < -0.4 is 19.6 Å². The van der Waals surface area contributed by atoms with E-state index in [9.17, 15) is 14.0 Å². The number of rotatable bonds is 7. The minimum absolute atomic E-state index is 0.181. The number of hydrogen-bond donors (Lipinski definition) is 0. The summed E-state index contributed by atoms with van der Waals surface area (Å²) in [7, 11) is 0. The van der Waals surface area contributed by atoms with E-state index < -0.39 is 17.8 Å². The molecule has 6 nitrogen and oxygen atoms in total. The van der Waals surface area contributed by atoms with E-state index in [0.717, 1.165) is 18.5 Å². The average Bonchev–Trinajstić information content (AvgIpc) is 3.12. The number of hydrogen-bond acceptors (Lipinski definition) is 6. The molecule has 1 aliphatic heterocycles. The molecular weight excluding hydrogens is 709 g/mol. The van der Waals surface area contributed by atoms with E-state index >= 15 is 0 Å². The van der Waals surface area contributed by atoms with Crippen molar-refractivity contribution in [3.8, 4) is 5.75 Å². The molecule has 2 heterocycles. The highest BCUT2D eigenvalue weighted by Crippen LogP contribution is 2.31. The van der Waals surface area contributed by atoms with Crippen molar-refractivity contribution in [2.75, 3.05) is 13.2 Å². The van der Waals surface area contributed by atoms with Crippen LogP contribution in [0.3, 0.4) is 0 Å². The van der Waals surface area contributed by atoms with Gasteiger partial charge in [-0.05, 0) is 100 Å². The van der Waals surface area contributed by atoms with Crippen molar-refractivity contribution in [2.24, 2.45) is 4.99 Å². The number of aromatic nitrogens is 1. The molecule has 1 atom stereocenters. The normalized spacial score (nSPS) is 15.4. The minimum Gasteiger partial charge on any atom is -0.487 e. The van der Waals surface area contributed by atoms with E-state index in [1.807, 2.05) is 12.1 Å². The summed E-state index contributed by atoms with van der Waals surface area (Å²) in [5.74, 6) is -0.198. The molecular formula is C26H21FI2N2O4S. The summed E-state index contributed by atoms with van der Waals surface area (Å²) < 4.78 is 28.5. The van der Waals surface area contributed by atoms with Crippen LogP contribution in [0.25, 0.3) is 6.08 Å².